The zero-order valence-electron chi connectivity index (χ0n) is 10.9. The predicted octanol–water partition coefficient (Wildman–Crippen LogP) is 3.04. The van der Waals surface area contributed by atoms with Crippen LogP contribution in [0, 0.1) is 6.92 Å². The summed E-state index contributed by atoms with van der Waals surface area (Å²) >= 11 is 1.53. The standard InChI is InChI=1S/C14H15N3OS/c1-3-6-10-9(2)16-17(13(10)18)14-15-11-7-4-5-8-12(11)19-14/h4-5,7-8,16H,3,6H2,1-2H3. The highest BCUT2D eigenvalue weighted by Crippen LogP contribution is 2.23. The van der Waals surface area contributed by atoms with Gasteiger partial charge >= 0.3 is 0 Å². The van der Waals surface area contributed by atoms with E-state index in [1.165, 1.54) is 11.3 Å². The van der Waals surface area contributed by atoms with Crippen molar-refractivity contribution in [1.29, 1.82) is 0 Å². The number of aryl methyl sites for hydroxylation is 1. The highest BCUT2D eigenvalue weighted by Gasteiger charge is 2.14. The zero-order valence-corrected chi connectivity index (χ0v) is 11.8. The van der Waals surface area contributed by atoms with E-state index in [1.54, 1.807) is 4.68 Å². The Labute approximate surface area is 114 Å². The topological polar surface area (TPSA) is 50.7 Å². The molecule has 0 aliphatic carbocycles. The molecule has 0 aliphatic heterocycles. The van der Waals surface area contributed by atoms with Crippen LogP contribution in [0.25, 0.3) is 15.3 Å². The third-order valence-electron chi connectivity index (χ3n) is 3.17. The Bertz CT molecular complexity index is 748. The highest BCUT2D eigenvalue weighted by molar-refractivity contribution is 7.20. The van der Waals surface area contributed by atoms with Crippen LogP contribution in [0.2, 0.25) is 0 Å². The molecule has 0 saturated carbocycles. The van der Waals surface area contributed by atoms with Crippen molar-refractivity contribution in [3.05, 3.63) is 45.9 Å². The van der Waals surface area contributed by atoms with E-state index in [1.807, 2.05) is 31.2 Å². The SMILES string of the molecule is CCCc1c(C)[nH]n(-c2nc3ccccc3s2)c1=O. The summed E-state index contributed by atoms with van der Waals surface area (Å²) in [6, 6.07) is 7.92. The molecule has 0 amide bonds. The van der Waals surface area contributed by atoms with Crippen LogP contribution in [0.15, 0.2) is 29.1 Å². The van der Waals surface area contributed by atoms with Crippen molar-refractivity contribution in [2.24, 2.45) is 0 Å². The van der Waals surface area contributed by atoms with Gasteiger partial charge in [0.05, 0.1) is 10.2 Å². The second kappa shape index (κ2) is 4.66. The number of nitrogens with zero attached hydrogens (tertiary/aromatic N) is 2. The number of hydrogen-bond acceptors (Lipinski definition) is 3. The highest BCUT2D eigenvalue weighted by atomic mass is 32.1. The summed E-state index contributed by atoms with van der Waals surface area (Å²) in [6.07, 6.45) is 1.77. The summed E-state index contributed by atoms with van der Waals surface area (Å²) in [4.78, 5) is 16.9. The van der Waals surface area contributed by atoms with E-state index in [4.69, 9.17) is 0 Å². The molecule has 0 atom stereocenters. The molecule has 0 radical (unpaired) electrons. The van der Waals surface area contributed by atoms with E-state index in [2.05, 4.69) is 17.0 Å². The van der Waals surface area contributed by atoms with Gasteiger partial charge in [0, 0.05) is 11.3 Å². The van der Waals surface area contributed by atoms with Crippen molar-refractivity contribution in [2.75, 3.05) is 0 Å². The van der Waals surface area contributed by atoms with Gasteiger partial charge in [-0.2, -0.15) is 4.68 Å². The lowest BCUT2D eigenvalue weighted by Gasteiger charge is -1.92. The number of fused-ring (bicyclic) bond motifs is 1. The van der Waals surface area contributed by atoms with Crippen molar-refractivity contribution in [3.8, 4) is 5.13 Å². The van der Waals surface area contributed by atoms with Crippen LogP contribution in [-0.4, -0.2) is 14.8 Å². The number of hydrogen-bond donors (Lipinski definition) is 1. The first-order valence-corrected chi connectivity index (χ1v) is 7.18. The van der Waals surface area contributed by atoms with Crippen LogP contribution >= 0.6 is 11.3 Å². The second-order valence-electron chi connectivity index (χ2n) is 4.57. The Morgan fingerprint density at radius 1 is 1.37 bits per heavy atom. The molecule has 3 aromatic rings. The minimum atomic E-state index is 0.0263. The molecule has 3 rings (SSSR count). The molecule has 4 nitrogen and oxygen atoms in total. The Balaban J connectivity index is 2.16. The molecule has 1 aromatic carbocycles. The molecule has 0 aliphatic rings. The third-order valence-corrected chi connectivity index (χ3v) is 4.19. The molecule has 0 unspecified atom stereocenters. The molecule has 5 heteroatoms. The maximum absolute atomic E-state index is 12.4. The monoisotopic (exact) mass is 273 g/mol. The maximum Gasteiger partial charge on any atom is 0.276 e. The van der Waals surface area contributed by atoms with E-state index < -0.39 is 0 Å². The number of H-pyrrole nitrogens is 1. The number of benzene rings is 1. The molecule has 98 valence electrons. The Hall–Kier alpha value is -1.88. The molecule has 2 heterocycles. The van der Waals surface area contributed by atoms with Crippen molar-refractivity contribution in [2.45, 2.75) is 26.7 Å². The first-order valence-electron chi connectivity index (χ1n) is 6.37. The van der Waals surface area contributed by atoms with Gasteiger partial charge in [0.1, 0.15) is 0 Å². The summed E-state index contributed by atoms with van der Waals surface area (Å²) in [5.41, 5.74) is 2.75. The lowest BCUT2D eigenvalue weighted by atomic mass is 10.1. The lowest BCUT2D eigenvalue weighted by Crippen LogP contribution is -2.17. The Morgan fingerprint density at radius 2 is 2.16 bits per heavy atom. The van der Waals surface area contributed by atoms with Gasteiger partial charge in [0.2, 0.25) is 5.13 Å². The first-order chi connectivity index (χ1) is 9.20. The Morgan fingerprint density at radius 3 is 2.89 bits per heavy atom. The third kappa shape index (κ3) is 2.00. The molecule has 1 N–H and O–H groups in total. The average molecular weight is 273 g/mol. The van der Waals surface area contributed by atoms with Gasteiger partial charge in [-0.3, -0.25) is 9.89 Å². The van der Waals surface area contributed by atoms with E-state index in [0.29, 0.717) is 5.13 Å². The quantitative estimate of drug-likeness (QED) is 0.797. The van der Waals surface area contributed by atoms with Gasteiger partial charge in [-0.25, -0.2) is 4.98 Å². The fraction of sp³-hybridized carbons (Fsp3) is 0.286. The minimum absolute atomic E-state index is 0.0263. The Kier molecular flexibility index (Phi) is 2.98. The summed E-state index contributed by atoms with van der Waals surface area (Å²) in [6.45, 7) is 4.02. The molecule has 2 aromatic heterocycles. The van der Waals surface area contributed by atoms with Crippen molar-refractivity contribution in [3.63, 3.8) is 0 Å². The summed E-state index contributed by atoms with van der Waals surface area (Å²) < 4.78 is 2.65. The van der Waals surface area contributed by atoms with Crippen molar-refractivity contribution >= 4 is 21.6 Å². The summed E-state index contributed by atoms with van der Waals surface area (Å²) in [5, 5.41) is 3.83. The number of rotatable bonds is 3. The van der Waals surface area contributed by atoms with E-state index in [-0.39, 0.29) is 5.56 Å². The van der Waals surface area contributed by atoms with Crippen LogP contribution < -0.4 is 5.56 Å². The maximum atomic E-state index is 12.4. The zero-order chi connectivity index (χ0) is 13.4. The van der Waals surface area contributed by atoms with E-state index >= 15 is 0 Å². The molecular weight excluding hydrogens is 258 g/mol. The second-order valence-corrected chi connectivity index (χ2v) is 5.58. The normalized spacial score (nSPS) is 11.3. The van der Waals surface area contributed by atoms with Gasteiger partial charge in [0.25, 0.3) is 5.56 Å². The van der Waals surface area contributed by atoms with Gasteiger partial charge < -0.3 is 0 Å². The van der Waals surface area contributed by atoms with Crippen molar-refractivity contribution in [1.82, 2.24) is 14.8 Å². The van der Waals surface area contributed by atoms with E-state index in [9.17, 15) is 4.79 Å². The van der Waals surface area contributed by atoms with E-state index in [0.717, 1.165) is 34.3 Å². The summed E-state index contributed by atoms with van der Waals surface area (Å²) in [5.74, 6) is 0. The fourth-order valence-electron chi connectivity index (χ4n) is 2.22. The molecule has 0 spiro atoms. The molecule has 0 saturated heterocycles. The first kappa shape index (κ1) is 12.2. The lowest BCUT2D eigenvalue weighted by molar-refractivity contribution is 0.827. The largest absolute Gasteiger partial charge is 0.293 e. The minimum Gasteiger partial charge on any atom is -0.293 e. The average Bonchev–Trinajstić information content (AvgIpc) is 2.94. The molecule has 0 bridgehead atoms. The van der Waals surface area contributed by atoms with Crippen LogP contribution in [0.4, 0.5) is 0 Å². The number of thiazole rings is 1. The number of aromatic amines is 1. The van der Waals surface area contributed by atoms with Crippen LogP contribution in [-0.2, 0) is 6.42 Å². The molecule has 19 heavy (non-hydrogen) atoms. The smallest absolute Gasteiger partial charge is 0.276 e. The number of nitrogens with one attached hydrogen (secondary N) is 1. The van der Waals surface area contributed by atoms with Gasteiger partial charge in [-0.05, 0) is 25.5 Å². The number of aromatic nitrogens is 3. The fourth-order valence-corrected chi connectivity index (χ4v) is 3.14. The van der Waals surface area contributed by atoms with Gasteiger partial charge in [-0.15, -0.1) is 0 Å². The summed E-state index contributed by atoms with van der Waals surface area (Å²) in [7, 11) is 0. The van der Waals surface area contributed by atoms with Gasteiger partial charge in [-0.1, -0.05) is 36.8 Å². The van der Waals surface area contributed by atoms with Gasteiger partial charge in [0.15, 0.2) is 0 Å². The van der Waals surface area contributed by atoms with Crippen LogP contribution in [0.5, 0.6) is 0 Å². The van der Waals surface area contributed by atoms with Crippen molar-refractivity contribution < 1.29 is 0 Å². The molecule has 0 fully saturated rings. The van der Waals surface area contributed by atoms with Crippen LogP contribution in [0.3, 0.4) is 0 Å². The predicted molar refractivity (Wildman–Crippen MR) is 78.3 cm³/mol. The molecular formula is C14H15N3OS. The number of para-hydroxylation sites is 1. The van der Waals surface area contributed by atoms with Crippen LogP contribution in [0.1, 0.15) is 24.6 Å².